The molecule has 2 aliphatic heterocycles. The number of amides is 1. The van der Waals surface area contributed by atoms with E-state index >= 15 is 0 Å². The van der Waals surface area contributed by atoms with Gasteiger partial charge in [-0.2, -0.15) is 0 Å². The molecule has 1 atom stereocenters. The molecule has 6 heteroatoms. The summed E-state index contributed by atoms with van der Waals surface area (Å²) in [5, 5.41) is 0. The lowest BCUT2D eigenvalue weighted by atomic mass is 9.95. The summed E-state index contributed by atoms with van der Waals surface area (Å²) in [6, 6.07) is 10.5. The number of carbonyl (C=O) groups excluding carboxylic acids is 1. The number of ether oxygens (including phenoxy) is 1. The first kappa shape index (κ1) is 20.1. The maximum atomic E-state index is 13.9. The quantitative estimate of drug-likeness (QED) is 0.706. The zero-order valence-corrected chi connectivity index (χ0v) is 16.8. The van der Waals surface area contributed by atoms with E-state index in [4.69, 9.17) is 9.15 Å². The Labute approximate surface area is 171 Å². The zero-order valence-electron chi connectivity index (χ0n) is 16.8. The topological polar surface area (TPSA) is 45.9 Å². The number of hydrogen-bond donors (Lipinski definition) is 0. The third-order valence-corrected chi connectivity index (χ3v) is 6.00. The fourth-order valence-electron chi connectivity index (χ4n) is 4.34. The highest BCUT2D eigenvalue weighted by Crippen LogP contribution is 2.23. The van der Waals surface area contributed by atoms with E-state index in [1.807, 2.05) is 17.0 Å². The van der Waals surface area contributed by atoms with Crippen LogP contribution in [-0.4, -0.2) is 54.6 Å². The standard InChI is InChI=1S/C23H29FN2O3/c24-21-7-2-1-5-19(21)16-25-11-9-18(10-12-25)15-26(17-20-6-3-13-28-20)23(27)22-8-4-14-29-22/h1-2,4-5,7-8,14,18,20H,3,6,9-13,15-17H2/t20-/m0/s1. The molecule has 5 nitrogen and oxygen atoms in total. The summed E-state index contributed by atoms with van der Waals surface area (Å²) < 4.78 is 25.0. The van der Waals surface area contributed by atoms with Gasteiger partial charge in [0.2, 0.25) is 0 Å². The van der Waals surface area contributed by atoms with E-state index in [9.17, 15) is 9.18 Å². The van der Waals surface area contributed by atoms with Crippen molar-refractivity contribution in [3.8, 4) is 0 Å². The molecule has 1 aromatic carbocycles. The lowest BCUT2D eigenvalue weighted by molar-refractivity contribution is 0.0422. The third-order valence-electron chi connectivity index (χ3n) is 6.00. The molecule has 0 radical (unpaired) electrons. The number of piperidine rings is 1. The summed E-state index contributed by atoms with van der Waals surface area (Å²) in [6.07, 6.45) is 5.72. The van der Waals surface area contributed by atoms with Crippen molar-refractivity contribution in [1.29, 1.82) is 0 Å². The Kier molecular flexibility index (Phi) is 6.62. The number of halogens is 1. The van der Waals surface area contributed by atoms with E-state index < -0.39 is 0 Å². The van der Waals surface area contributed by atoms with Gasteiger partial charge in [0.05, 0.1) is 12.4 Å². The average molecular weight is 400 g/mol. The molecule has 156 valence electrons. The van der Waals surface area contributed by atoms with Crippen LogP contribution in [0.1, 0.15) is 41.8 Å². The normalized spacial score (nSPS) is 20.8. The molecule has 0 bridgehead atoms. The van der Waals surface area contributed by atoms with Crippen LogP contribution in [0.25, 0.3) is 0 Å². The van der Waals surface area contributed by atoms with Gasteiger partial charge in [-0.15, -0.1) is 0 Å². The average Bonchev–Trinajstić information content (AvgIpc) is 3.44. The van der Waals surface area contributed by atoms with E-state index in [-0.39, 0.29) is 17.8 Å². The first-order valence-electron chi connectivity index (χ1n) is 10.6. The second-order valence-corrected chi connectivity index (χ2v) is 8.13. The van der Waals surface area contributed by atoms with Crippen molar-refractivity contribution in [2.24, 2.45) is 5.92 Å². The van der Waals surface area contributed by atoms with Crippen LogP contribution >= 0.6 is 0 Å². The minimum absolute atomic E-state index is 0.0562. The van der Waals surface area contributed by atoms with Crippen LogP contribution in [0.3, 0.4) is 0 Å². The fourth-order valence-corrected chi connectivity index (χ4v) is 4.34. The highest BCUT2D eigenvalue weighted by molar-refractivity contribution is 5.91. The van der Waals surface area contributed by atoms with Gasteiger partial charge in [-0.05, 0) is 62.9 Å². The van der Waals surface area contributed by atoms with E-state index in [1.54, 1.807) is 24.5 Å². The van der Waals surface area contributed by atoms with Gasteiger partial charge < -0.3 is 14.1 Å². The van der Waals surface area contributed by atoms with Crippen molar-refractivity contribution in [1.82, 2.24) is 9.80 Å². The molecular formula is C23H29FN2O3. The molecule has 0 unspecified atom stereocenters. The zero-order chi connectivity index (χ0) is 20.1. The third kappa shape index (κ3) is 5.25. The Morgan fingerprint density at radius 1 is 1.10 bits per heavy atom. The van der Waals surface area contributed by atoms with Crippen LogP contribution in [-0.2, 0) is 11.3 Å². The lowest BCUT2D eigenvalue weighted by Crippen LogP contribution is -2.43. The summed E-state index contributed by atoms with van der Waals surface area (Å²) in [4.78, 5) is 17.1. The largest absolute Gasteiger partial charge is 0.459 e. The lowest BCUT2D eigenvalue weighted by Gasteiger charge is -2.35. The molecule has 0 aliphatic carbocycles. The smallest absolute Gasteiger partial charge is 0.289 e. The van der Waals surface area contributed by atoms with Crippen LogP contribution in [0.4, 0.5) is 4.39 Å². The van der Waals surface area contributed by atoms with E-state index in [2.05, 4.69) is 4.90 Å². The second-order valence-electron chi connectivity index (χ2n) is 8.13. The van der Waals surface area contributed by atoms with E-state index in [0.717, 1.165) is 50.9 Å². The number of hydrogen-bond acceptors (Lipinski definition) is 4. The predicted octanol–water partition coefficient (Wildman–Crippen LogP) is 3.95. The van der Waals surface area contributed by atoms with Gasteiger partial charge in [0.15, 0.2) is 5.76 Å². The van der Waals surface area contributed by atoms with Gasteiger partial charge in [0.25, 0.3) is 5.91 Å². The van der Waals surface area contributed by atoms with Crippen LogP contribution in [0.5, 0.6) is 0 Å². The molecule has 2 saturated heterocycles. The molecule has 2 aromatic rings. The van der Waals surface area contributed by atoms with Crippen molar-refractivity contribution >= 4 is 5.91 Å². The highest BCUT2D eigenvalue weighted by atomic mass is 19.1. The first-order valence-corrected chi connectivity index (χ1v) is 10.6. The predicted molar refractivity (Wildman–Crippen MR) is 108 cm³/mol. The van der Waals surface area contributed by atoms with Gasteiger partial charge >= 0.3 is 0 Å². The van der Waals surface area contributed by atoms with Gasteiger partial charge in [0, 0.05) is 31.8 Å². The Morgan fingerprint density at radius 3 is 2.62 bits per heavy atom. The van der Waals surface area contributed by atoms with Crippen molar-refractivity contribution in [3.63, 3.8) is 0 Å². The molecule has 0 saturated carbocycles. The molecular weight excluding hydrogens is 371 g/mol. The van der Waals surface area contributed by atoms with Crippen LogP contribution in [0.2, 0.25) is 0 Å². The Bertz CT molecular complexity index is 781. The maximum absolute atomic E-state index is 13.9. The number of furan rings is 1. The number of nitrogens with zero attached hydrogens (tertiary/aromatic N) is 2. The summed E-state index contributed by atoms with van der Waals surface area (Å²) in [5.41, 5.74) is 0.749. The van der Waals surface area contributed by atoms with E-state index in [0.29, 0.717) is 31.3 Å². The Balaban J connectivity index is 1.33. The molecule has 4 rings (SSSR count). The molecule has 1 amide bonds. The molecule has 2 aliphatic rings. The summed E-state index contributed by atoms with van der Waals surface area (Å²) >= 11 is 0. The van der Waals surface area contributed by atoms with Crippen LogP contribution in [0.15, 0.2) is 47.1 Å². The van der Waals surface area contributed by atoms with Gasteiger partial charge in [0.1, 0.15) is 5.82 Å². The van der Waals surface area contributed by atoms with Crippen molar-refractivity contribution in [3.05, 3.63) is 59.8 Å². The molecule has 2 fully saturated rings. The second kappa shape index (κ2) is 9.55. The van der Waals surface area contributed by atoms with Crippen molar-refractivity contribution < 1.29 is 18.3 Å². The summed E-state index contributed by atoms with van der Waals surface area (Å²) in [5.74, 6) is 0.632. The van der Waals surface area contributed by atoms with Crippen molar-refractivity contribution in [2.45, 2.75) is 38.3 Å². The Morgan fingerprint density at radius 2 is 1.93 bits per heavy atom. The number of carbonyl (C=O) groups is 1. The van der Waals surface area contributed by atoms with Crippen LogP contribution < -0.4 is 0 Å². The SMILES string of the molecule is O=C(c1ccco1)N(CC1CCN(Cc2ccccc2F)CC1)C[C@@H]1CCCO1. The highest BCUT2D eigenvalue weighted by Gasteiger charge is 2.29. The molecule has 0 N–H and O–H groups in total. The first-order chi connectivity index (χ1) is 14.2. The fraction of sp³-hybridized carbons (Fsp3) is 0.522. The molecule has 1 aromatic heterocycles. The monoisotopic (exact) mass is 400 g/mol. The van der Waals surface area contributed by atoms with Crippen LogP contribution in [0, 0.1) is 11.7 Å². The van der Waals surface area contributed by atoms with Gasteiger partial charge in [-0.25, -0.2) is 4.39 Å². The molecule has 0 spiro atoms. The van der Waals surface area contributed by atoms with E-state index in [1.165, 1.54) is 6.07 Å². The molecule has 29 heavy (non-hydrogen) atoms. The number of benzene rings is 1. The van der Waals surface area contributed by atoms with Crippen molar-refractivity contribution in [2.75, 3.05) is 32.8 Å². The minimum Gasteiger partial charge on any atom is -0.459 e. The maximum Gasteiger partial charge on any atom is 0.289 e. The summed E-state index contributed by atoms with van der Waals surface area (Å²) in [6.45, 7) is 4.59. The Hall–Kier alpha value is -2.18. The number of rotatable bonds is 7. The van der Waals surface area contributed by atoms with Gasteiger partial charge in [-0.3, -0.25) is 9.69 Å². The minimum atomic E-state index is -0.138. The molecule has 3 heterocycles. The van der Waals surface area contributed by atoms with Gasteiger partial charge in [-0.1, -0.05) is 18.2 Å². The number of likely N-dealkylation sites (tertiary alicyclic amines) is 1. The summed E-state index contributed by atoms with van der Waals surface area (Å²) in [7, 11) is 0.